The van der Waals surface area contributed by atoms with Crippen molar-refractivity contribution in [1.82, 2.24) is 9.55 Å². The van der Waals surface area contributed by atoms with Gasteiger partial charge in [-0.1, -0.05) is 0 Å². The summed E-state index contributed by atoms with van der Waals surface area (Å²) in [6.07, 6.45) is 2.02. The van der Waals surface area contributed by atoms with Crippen LogP contribution in [-0.4, -0.2) is 9.55 Å². The van der Waals surface area contributed by atoms with Crippen LogP contribution >= 0.6 is 9.69 Å². The number of aryl methyl sites for hydroxylation is 2. The summed E-state index contributed by atoms with van der Waals surface area (Å²) in [6, 6.07) is 11.0. The molecule has 0 aliphatic heterocycles. The van der Waals surface area contributed by atoms with E-state index in [9.17, 15) is 0 Å². The minimum absolute atomic E-state index is 0.847. The Morgan fingerprint density at radius 1 is 1.40 bits per heavy atom. The Labute approximate surface area is 104 Å². The Morgan fingerprint density at radius 2 is 2.13 bits per heavy atom. The van der Waals surface area contributed by atoms with Crippen molar-refractivity contribution in [3.63, 3.8) is 0 Å². The quantitative estimate of drug-likeness (QED) is 0.576. The van der Waals surface area contributed by atoms with E-state index >= 15 is 0 Å². The molecule has 0 unspecified atom stereocenters. The van der Waals surface area contributed by atoms with Gasteiger partial charge in [-0.25, -0.2) is 0 Å². The van der Waals surface area contributed by atoms with E-state index in [4.69, 9.17) is 9.69 Å². The Kier molecular flexibility index (Phi) is 5.00. The molecule has 2 rings (SSSR count). The van der Waals surface area contributed by atoms with Crippen molar-refractivity contribution in [1.29, 1.82) is 0 Å². The Balaban J connectivity index is 0.000000531. The summed E-state index contributed by atoms with van der Waals surface area (Å²) in [5.41, 5.74) is 2.03. The van der Waals surface area contributed by atoms with Gasteiger partial charge in [0.15, 0.2) is 0 Å². The third kappa shape index (κ3) is 3.15. The molecule has 0 atom stereocenters. The number of hydrogen-bond acceptors (Lipinski definition) is 1. The monoisotopic (exact) mass is 270 g/mol. The van der Waals surface area contributed by atoms with Gasteiger partial charge in [0.25, 0.3) is 0 Å². The van der Waals surface area contributed by atoms with Gasteiger partial charge in [-0.05, 0) is 13.1 Å². The summed E-state index contributed by atoms with van der Waals surface area (Å²) in [5.74, 6) is 1.02. The molecule has 0 saturated carbocycles. The number of aromatic nitrogens is 2. The van der Waals surface area contributed by atoms with Crippen molar-refractivity contribution in [2.24, 2.45) is 7.05 Å². The van der Waals surface area contributed by atoms with Gasteiger partial charge in [0.1, 0.15) is 0 Å². The molecule has 0 N–H and O–H groups in total. The molecule has 0 radical (unpaired) electrons. The van der Waals surface area contributed by atoms with Crippen molar-refractivity contribution in [2.75, 3.05) is 0 Å². The summed E-state index contributed by atoms with van der Waals surface area (Å²) in [5, 5.41) is 0. The Hall–Kier alpha value is -0.657. The van der Waals surface area contributed by atoms with Crippen LogP contribution in [0.2, 0.25) is 0 Å². The molecule has 1 aromatic carbocycles. The molecule has 2 nitrogen and oxygen atoms in total. The molecule has 2 aromatic rings. The number of halogens is 1. The standard InChI is InChI=1S/C11H11N2.ClH.Zn/c1-9-12-11(8-13(9)2)10-6-4-3-5-7-10;;/h3-6,8H,1-2H3;1H;/q-1;;+2/p-1. The molecule has 74 valence electrons. The third-order valence-electron chi connectivity index (χ3n) is 2.09. The molecule has 4 heteroatoms. The molecule has 0 aliphatic carbocycles. The Morgan fingerprint density at radius 3 is 2.60 bits per heavy atom. The van der Waals surface area contributed by atoms with Gasteiger partial charge in [0.05, 0.1) is 5.82 Å². The first-order chi connectivity index (χ1) is 7.27. The first kappa shape index (κ1) is 12.4. The van der Waals surface area contributed by atoms with E-state index in [2.05, 4.69) is 11.1 Å². The number of rotatable bonds is 1. The van der Waals surface area contributed by atoms with Crippen molar-refractivity contribution in [3.05, 3.63) is 42.4 Å². The summed E-state index contributed by atoms with van der Waals surface area (Å²) in [4.78, 5) is 4.41. The molecular weight excluding hydrogens is 261 g/mol. The molecule has 1 aromatic heterocycles. The predicted molar refractivity (Wildman–Crippen MR) is 58.1 cm³/mol. The topological polar surface area (TPSA) is 17.8 Å². The van der Waals surface area contributed by atoms with Crippen LogP contribution in [0.4, 0.5) is 0 Å². The molecular formula is C11H11ClN2Zn. The van der Waals surface area contributed by atoms with Crippen LogP contribution in [0.1, 0.15) is 5.82 Å². The molecule has 0 fully saturated rings. The maximum atomic E-state index is 4.76. The van der Waals surface area contributed by atoms with E-state index in [1.165, 1.54) is 0 Å². The number of nitrogens with zero attached hydrogens (tertiary/aromatic N) is 2. The van der Waals surface area contributed by atoms with Crippen molar-refractivity contribution in [3.8, 4) is 11.3 Å². The molecule has 0 saturated heterocycles. The molecule has 0 spiro atoms. The fourth-order valence-electron chi connectivity index (χ4n) is 1.24. The summed E-state index contributed by atoms with van der Waals surface area (Å²) in [7, 11) is 6.76. The van der Waals surface area contributed by atoms with Crippen LogP contribution in [0.3, 0.4) is 0 Å². The zero-order valence-electron chi connectivity index (χ0n) is 8.87. The first-order valence-electron chi connectivity index (χ1n) is 4.51. The van der Waals surface area contributed by atoms with Gasteiger partial charge in [-0.15, -0.1) is 35.9 Å². The van der Waals surface area contributed by atoms with Gasteiger partial charge < -0.3 is 4.57 Å². The number of imidazole rings is 1. The predicted octanol–water partition coefficient (Wildman–Crippen LogP) is 2.88. The SMILES string of the molecule is Cc1nc(-c2[c-]cccc2)cn1C.[Cl][Zn+]. The van der Waals surface area contributed by atoms with Crippen LogP contribution in [0.15, 0.2) is 30.5 Å². The molecule has 0 bridgehead atoms. The molecule has 0 aliphatic rings. The van der Waals surface area contributed by atoms with Crippen LogP contribution in [0.5, 0.6) is 0 Å². The minimum atomic E-state index is 0.847. The maximum absolute atomic E-state index is 4.76. The summed E-state index contributed by atoms with van der Waals surface area (Å²) >= 11 is 0.847. The van der Waals surface area contributed by atoms with E-state index in [-0.39, 0.29) is 0 Å². The van der Waals surface area contributed by atoms with Crippen molar-refractivity contribution >= 4 is 9.69 Å². The van der Waals surface area contributed by atoms with E-state index in [1.807, 2.05) is 49.0 Å². The second kappa shape index (κ2) is 6.04. The van der Waals surface area contributed by atoms with Gasteiger partial charge in [-0.2, -0.15) is 0 Å². The molecule has 1 heterocycles. The van der Waals surface area contributed by atoms with Gasteiger partial charge in [0, 0.05) is 12.7 Å². The fourth-order valence-corrected chi connectivity index (χ4v) is 1.24. The normalized spacial score (nSPS) is 9.40. The van der Waals surface area contributed by atoms with E-state index < -0.39 is 0 Å². The van der Waals surface area contributed by atoms with Gasteiger partial charge in [0.2, 0.25) is 0 Å². The zero-order chi connectivity index (χ0) is 11.3. The van der Waals surface area contributed by atoms with Crippen LogP contribution in [0.25, 0.3) is 11.3 Å². The summed E-state index contributed by atoms with van der Waals surface area (Å²) in [6.45, 7) is 1.99. The average Bonchev–Trinajstić information content (AvgIpc) is 2.63. The second-order valence-electron chi connectivity index (χ2n) is 3.06. The fraction of sp³-hybridized carbons (Fsp3) is 0.182. The summed E-state index contributed by atoms with van der Waals surface area (Å²) < 4.78 is 2.01. The first-order valence-corrected chi connectivity index (χ1v) is 8.41. The van der Waals surface area contributed by atoms with Crippen molar-refractivity contribution in [2.45, 2.75) is 6.92 Å². The third-order valence-corrected chi connectivity index (χ3v) is 2.09. The van der Waals surface area contributed by atoms with Gasteiger partial charge in [-0.3, -0.25) is 4.98 Å². The van der Waals surface area contributed by atoms with E-state index in [0.29, 0.717) is 0 Å². The number of benzene rings is 1. The van der Waals surface area contributed by atoms with Crippen LogP contribution in [0, 0.1) is 13.0 Å². The van der Waals surface area contributed by atoms with Crippen LogP contribution in [-0.2, 0) is 24.4 Å². The van der Waals surface area contributed by atoms with Crippen molar-refractivity contribution < 1.29 is 17.3 Å². The number of hydrogen-bond donors (Lipinski definition) is 0. The molecule has 15 heavy (non-hydrogen) atoms. The van der Waals surface area contributed by atoms with Crippen LogP contribution < -0.4 is 0 Å². The molecule has 0 amide bonds. The van der Waals surface area contributed by atoms with E-state index in [1.54, 1.807) is 0 Å². The zero-order valence-corrected chi connectivity index (χ0v) is 12.6. The van der Waals surface area contributed by atoms with Gasteiger partial charge >= 0.3 is 27.0 Å². The van der Waals surface area contributed by atoms with E-state index in [0.717, 1.165) is 34.4 Å². The Bertz CT molecular complexity index is 392. The average molecular weight is 272 g/mol. The second-order valence-corrected chi connectivity index (χ2v) is 3.06.